The first-order chi connectivity index (χ1) is 13.8. The third-order valence-electron chi connectivity index (χ3n) is 3.93. The first kappa shape index (κ1) is 27.6. The van der Waals surface area contributed by atoms with Gasteiger partial charge in [0.25, 0.3) is 0 Å². The number of carbonyl (C=O) groups is 5. The molecule has 5 unspecified atom stereocenters. The minimum Gasteiger partial charge on any atom is -0.481 e. The van der Waals surface area contributed by atoms with Gasteiger partial charge in [-0.15, -0.1) is 0 Å². The number of amides is 3. The van der Waals surface area contributed by atoms with Crippen LogP contribution in [0.1, 0.15) is 33.6 Å². The van der Waals surface area contributed by atoms with Crippen molar-refractivity contribution in [3.05, 3.63) is 0 Å². The van der Waals surface area contributed by atoms with Gasteiger partial charge in [-0.25, -0.2) is 4.79 Å². The fourth-order valence-electron chi connectivity index (χ4n) is 2.37. The Bertz CT molecular complexity index is 643. The van der Waals surface area contributed by atoms with Crippen LogP contribution in [0.25, 0.3) is 0 Å². The number of carbonyl (C=O) groups excluding carboxylic acids is 3. The molecule has 30 heavy (non-hydrogen) atoms. The molecule has 0 saturated heterocycles. The number of carboxylic acids is 2. The SMILES string of the molecule is CC(C)CC(NC(=O)C(CS)NC(=O)C(NC(=O)C(N)CC(=O)O)C(C)O)C(=O)O. The molecule has 0 heterocycles. The molecule has 0 fully saturated rings. The van der Waals surface area contributed by atoms with Crippen molar-refractivity contribution >= 4 is 42.3 Å². The van der Waals surface area contributed by atoms with E-state index in [-0.39, 0.29) is 18.1 Å². The molecule has 3 amide bonds. The Balaban J connectivity index is 5.17. The van der Waals surface area contributed by atoms with Gasteiger partial charge in [0.1, 0.15) is 18.1 Å². The molecule has 0 saturated carbocycles. The topological polar surface area (TPSA) is 208 Å². The average molecular weight is 451 g/mol. The summed E-state index contributed by atoms with van der Waals surface area (Å²) in [5, 5.41) is 34.4. The normalized spacial score (nSPS) is 16.0. The third-order valence-corrected chi connectivity index (χ3v) is 4.30. The zero-order chi connectivity index (χ0) is 23.6. The van der Waals surface area contributed by atoms with E-state index in [9.17, 15) is 34.2 Å². The van der Waals surface area contributed by atoms with Crippen molar-refractivity contribution in [1.82, 2.24) is 16.0 Å². The lowest BCUT2D eigenvalue weighted by Crippen LogP contribution is -2.60. The van der Waals surface area contributed by atoms with Crippen LogP contribution < -0.4 is 21.7 Å². The van der Waals surface area contributed by atoms with Crippen molar-refractivity contribution < 1.29 is 39.3 Å². The largest absolute Gasteiger partial charge is 0.481 e. The van der Waals surface area contributed by atoms with Gasteiger partial charge in [0.05, 0.1) is 18.6 Å². The second-order valence-electron chi connectivity index (χ2n) is 7.20. The van der Waals surface area contributed by atoms with E-state index in [1.165, 1.54) is 6.92 Å². The molecule has 5 atom stereocenters. The second kappa shape index (κ2) is 13.0. The number of aliphatic hydroxyl groups is 1. The van der Waals surface area contributed by atoms with Gasteiger partial charge in [-0.05, 0) is 19.3 Å². The summed E-state index contributed by atoms with van der Waals surface area (Å²) < 4.78 is 0. The first-order valence-corrected chi connectivity index (χ1v) is 9.83. The van der Waals surface area contributed by atoms with Crippen molar-refractivity contribution in [3.8, 4) is 0 Å². The fourth-order valence-corrected chi connectivity index (χ4v) is 2.62. The molecule has 172 valence electrons. The highest BCUT2D eigenvalue weighted by Gasteiger charge is 2.32. The number of hydrogen-bond acceptors (Lipinski definition) is 8. The number of rotatable bonds is 13. The van der Waals surface area contributed by atoms with Gasteiger partial charge in [0.2, 0.25) is 17.7 Å². The second-order valence-corrected chi connectivity index (χ2v) is 7.57. The molecule has 0 aliphatic heterocycles. The van der Waals surface area contributed by atoms with E-state index in [0.29, 0.717) is 0 Å². The molecule has 0 aromatic heterocycles. The van der Waals surface area contributed by atoms with E-state index in [2.05, 4.69) is 28.6 Å². The number of thiol groups is 1. The zero-order valence-corrected chi connectivity index (χ0v) is 17.9. The van der Waals surface area contributed by atoms with Crippen molar-refractivity contribution in [1.29, 1.82) is 0 Å². The summed E-state index contributed by atoms with van der Waals surface area (Å²) >= 11 is 3.98. The number of nitrogens with two attached hydrogens (primary N) is 1. The van der Waals surface area contributed by atoms with E-state index in [4.69, 9.17) is 10.8 Å². The summed E-state index contributed by atoms with van der Waals surface area (Å²) in [6.45, 7) is 4.77. The third kappa shape index (κ3) is 9.89. The molecular weight excluding hydrogens is 420 g/mol. The lowest BCUT2D eigenvalue weighted by molar-refractivity contribution is -0.142. The molecule has 0 aromatic carbocycles. The molecule has 12 nitrogen and oxygen atoms in total. The minimum absolute atomic E-state index is 0.0136. The Morgan fingerprint density at radius 3 is 1.83 bits per heavy atom. The van der Waals surface area contributed by atoms with Crippen LogP contribution >= 0.6 is 12.6 Å². The maximum atomic E-state index is 12.5. The molecule has 0 aromatic rings. The molecule has 13 heteroatoms. The highest BCUT2D eigenvalue weighted by molar-refractivity contribution is 7.80. The number of carboxylic acid groups (broad SMARTS) is 2. The van der Waals surface area contributed by atoms with Crippen molar-refractivity contribution in [2.24, 2.45) is 11.7 Å². The summed E-state index contributed by atoms with van der Waals surface area (Å²) in [6.07, 6.45) is -1.92. The Morgan fingerprint density at radius 1 is 0.900 bits per heavy atom. The molecule has 0 bridgehead atoms. The Kier molecular flexibility index (Phi) is 12.0. The predicted octanol–water partition coefficient (Wildman–Crippen LogP) is -2.32. The van der Waals surface area contributed by atoms with Crippen LogP contribution in [0.2, 0.25) is 0 Å². The van der Waals surface area contributed by atoms with Crippen LogP contribution in [0.5, 0.6) is 0 Å². The highest BCUT2D eigenvalue weighted by Crippen LogP contribution is 2.06. The lowest BCUT2D eigenvalue weighted by atomic mass is 10.0. The van der Waals surface area contributed by atoms with Crippen LogP contribution in [0.4, 0.5) is 0 Å². The zero-order valence-electron chi connectivity index (χ0n) is 17.0. The number of aliphatic carboxylic acids is 2. The standard InChI is InChI=1S/C17H30N4O8S/c1-7(2)4-10(17(28)29)19-15(26)11(6-30)20-16(27)13(8(3)22)21-14(25)9(18)5-12(23)24/h7-11,13,22,30H,4-6,18H2,1-3H3,(H,19,26)(H,20,27)(H,21,25)(H,23,24)(H,28,29). The molecule has 0 radical (unpaired) electrons. The fraction of sp³-hybridized carbons (Fsp3) is 0.706. The Labute approximate surface area is 179 Å². The number of aliphatic hydroxyl groups excluding tert-OH is 1. The predicted molar refractivity (Wildman–Crippen MR) is 109 cm³/mol. The van der Waals surface area contributed by atoms with Crippen LogP contribution in [0.15, 0.2) is 0 Å². The van der Waals surface area contributed by atoms with Gasteiger partial charge in [0, 0.05) is 5.75 Å². The van der Waals surface area contributed by atoms with Gasteiger partial charge in [-0.1, -0.05) is 13.8 Å². The van der Waals surface area contributed by atoms with Crippen molar-refractivity contribution in [3.63, 3.8) is 0 Å². The molecule has 0 aliphatic carbocycles. The van der Waals surface area contributed by atoms with E-state index in [1.807, 2.05) is 0 Å². The summed E-state index contributed by atoms with van der Waals surface area (Å²) in [4.78, 5) is 58.8. The summed E-state index contributed by atoms with van der Waals surface area (Å²) in [5.74, 6) is -5.49. The number of hydrogen-bond donors (Lipinski definition) is 8. The van der Waals surface area contributed by atoms with Crippen molar-refractivity contribution in [2.45, 2.75) is 63.9 Å². The molecule has 0 aliphatic rings. The van der Waals surface area contributed by atoms with E-state index >= 15 is 0 Å². The molecule has 0 rings (SSSR count). The van der Waals surface area contributed by atoms with Crippen LogP contribution in [0, 0.1) is 5.92 Å². The first-order valence-electron chi connectivity index (χ1n) is 9.20. The molecule has 8 N–H and O–H groups in total. The molecule has 0 spiro atoms. The monoisotopic (exact) mass is 450 g/mol. The van der Waals surface area contributed by atoms with Crippen LogP contribution in [0.3, 0.4) is 0 Å². The Morgan fingerprint density at radius 2 is 1.43 bits per heavy atom. The summed E-state index contributed by atoms with van der Waals surface area (Å²) in [5.41, 5.74) is 5.43. The van der Waals surface area contributed by atoms with E-state index in [0.717, 1.165) is 0 Å². The summed E-state index contributed by atoms with van der Waals surface area (Å²) in [7, 11) is 0. The quantitative estimate of drug-likeness (QED) is 0.141. The van der Waals surface area contributed by atoms with Gasteiger partial charge >= 0.3 is 11.9 Å². The van der Waals surface area contributed by atoms with Crippen LogP contribution in [-0.2, 0) is 24.0 Å². The summed E-state index contributed by atoms with van der Waals surface area (Å²) in [6, 6.07) is -5.40. The maximum absolute atomic E-state index is 12.5. The maximum Gasteiger partial charge on any atom is 0.326 e. The van der Waals surface area contributed by atoms with E-state index in [1.54, 1.807) is 13.8 Å². The highest BCUT2D eigenvalue weighted by atomic mass is 32.1. The van der Waals surface area contributed by atoms with E-state index < -0.39 is 66.4 Å². The minimum atomic E-state index is -1.53. The smallest absolute Gasteiger partial charge is 0.326 e. The molecular formula is C17H30N4O8S. The van der Waals surface area contributed by atoms with Gasteiger partial charge in [-0.2, -0.15) is 12.6 Å². The lowest BCUT2D eigenvalue weighted by Gasteiger charge is -2.26. The number of nitrogens with one attached hydrogen (secondary N) is 3. The van der Waals surface area contributed by atoms with Gasteiger partial charge in [-0.3, -0.25) is 19.2 Å². The Hall–Kier alpha value is -2.38. The van der Waals surface area contributed by atoms with Crippen LogP contribution in [-0.4, -0.2) is 81.0 Å². The average Bonchev–Trinajstić information content (AvgIpc) is 2.61. The van der Waals surface area contributed by atoms with Crippen molar-refractivity contribution in [2.75, 3.05) is 5.75 Å². The van der Waals surface area contributed by atoms with Gasteiger partial charge in [0.15, 0.2) is 0 Å². The van der Waals surface area contributed by atoms with Gasteiger partial charge < -0.3 is 37.0 Å².